The number of hydrogen-bond donors (Lipinski definition) is 1. The number of likely N-dealkylation sites (N-methyl/N-ethyl adjacent to an activating group) is 1. The number of thioether (sulfide) groups is 1. The minimum absolute atomic E-state index is 0.0670. The summed E-state index contributed by atoms with van der Waals surface area (Å²) in [6, 6.07) is 8.25. The molecule has 2 rings (SSSR count). The van der Waals surface area contributed by atoms with Crippen LogP contribution in [0.15, 0.2) is 24.3 Å². The monoisotopic (exact) mass is 280 g/mol. The molecule has 1 aliphatic heterocycles. The molecule has 1 heterocycles. The summed E-state index contributed by atoms with van der Waals surface area (Å²) in [6.45, 7) is 3.00. The molecule has 0 spiro atoms. The van der Waals surface area contributed by atoms with Crippen LogP contribution in [0.5, 0.6) is 5.75 Å². The maximum Gasteiger partial charge on any atom is 0.119 e. The Bertz CT molecular complexity index is 409. The Morgan fingerprint density at radius 1 is 1.42 bits per heavy atom. The first-order valence-electron chi connectivity index (χ1n) is 6.83. The van der Waals surface area contributed by atoms with Gasteiger partial charge in [-0.3, -0.25) is 0 Å². The Morgan fingerprint density at radius 2 is 2.11 bits per heavy atom. The Kier molecular flexibility index (Phi) is 4.63. The van der Waals surface area contributed by atoms with E-state index in [9.17, 15) is 0 Å². The molecule has 0 saturated carbocycles. The summed E-state index contributed by atoms with van der Waals surface area (Å²) >= 11 is 2.03. The van der Waals surface area contributed by atoms with Crippen molar-refractivity contribution in [2.45, 2.75) is 30.6 Å². The summed E-state index contributed by atoms with van der Waals surface area (Å²) in [5.41, 5.74) is 7.42. The first-order valence-corrected chi connectivity index (χ1v) is 7.88. The highest BCUT2D eigenvalue weighted by atomic mass is 32.2. The number of nitrogens with two attached hydrogens (primary N) is 1. The van der Waals surface area contributed by atoms with Gasteiger partial charge in [0, 0.05) is 24.5 Å². The number of hydrogen-bond acceptors (Lipinski definition) is 4. The maximum absolute atomic E-state index is 6.14. The fraction of sp³-hybridized carbons (Fsp3) is 0.600. The lowest BCUT2D eigenvalue weighted by molar-refractivity contribution is 0.367. The van der Waals surface area contributed by atoms with Crippen molar-refractivity contribution in [2.75, 3.05) is 31.4 Å². The van der Waals surface area contributed by atoms with Crippen LogP contribution in [0.1, 0.15) is 19.8 Å². The smallest absolute Gasteiger partial charge is 0.119 e. The summed E-state index contributed by atoms with van der Waals surface area (Å²) in [7, 11) is 3.86. The van der Waals surface area contributed by atoms with Gasteiger partial charge in [0.25, 0.3) is 0 Å². The van der Waals surface area contributed by atoms with Gasteiger partial charge in [-0.25, -0.2) is 0 Å². The molecule has 0 radical (unpaired) electrons. The van der Waals surface area contributed by atoms with Crippen LogP contribution < -0.4 is 15.4 Å². The fourth-order valence-corrected chi connectivity index (χ4v) is 4.25. The minimum Gasteiger partial charge on any atom is -0.497 e. The van der Waals surface area contributed by atoms with Crippen molar-refractivity contribution in [2.24, 2.45) is 5.73 Å². The van der Waals surface area contributed by atoms with Crippen LogP contribution >= 0.6 is 11.8 Å². The average Bonchev–Trinajstić information content (AvgIpc) is 2.47. The molecule has 1 saturated heterocycles. The summed E-state index contributed by atoms with van der Waals surface area (Å²) in [5.74, 6) is 2.14. The van der Waals surface area contributed by atoms with Gasteiger partial charge < -0.3 is 15.4 Å². The van der Waals surface area contributed by atoms with Crippen LogP contribution in [0.25, 0.3) is 0 Å². The normalized spacial score (nSPS) is 27.1. The van der Waals surface area contributed by atoms with E-state index in [1.807, 2.05) is 23.9 Å². The molecule has 3 nitrogen and oxygen atoms in total. The van der Waals surface area contributed by atoms with Crippen LogP contribution in [-0.2, 0) is 0 Å². The molecule has 0 bridgehead atoms. The van der Waals surface area contributed by atoms with Gasteiger partial charge in [-0.05, 0) is 42.9 Å². The summed E-state index contributed by atoms with van der Waals surface area (Å²) in [6.07, 6.45) is 2.41. The van der Waals surface area contributed by atoms with Crippen molar-refractivity contribution in [3.05, 3.63) is 24.3 Å². The number of rotatable bonds is 4. The van der Waals surface area contributed by atoms with Gasteiger partial charge >= 0.3 is 0 Å². The van der Waals surface area contributed by atoms with Crippen molar-refractivity contribution in [1.82, 2.24) is 0 Å². The van der Waals surface area contributed by atoms with Crippen LogP contribution in [-0.4, -0.2) is 37.2 Å². The van der Waals surface area contributed by atoms with Crippen LogP contribution in [0.4, 0.5) is 5.69 Å². The lowest BCUT2D eigenvalue weighted by Gasteiger charge is -2.49. The number of methoxy groups -OCH3 is 1. The maximum atomic E-state index is 6.14. The predicted octanol–water partition coefficient (Wildman–Crippen LogP) is 2.74. The Hall–Kier alpha value is -0.870. The zero-order valence-corrected chi connectivity index (χ0v) is 12.9. The standard InChI is InChI=1S/C15H24N2OS/c1-12-15(11-16,9-4-10-19-12)17(2)13-5-7-14(18-3)8-6-13/h5-8,12H,4,9-11,16H2,1-3H3. The third-order valence-corrected chi connectivity index (χ3v) is 5.82. The number of benzene rings is 1. The van der Waals surface area contributed by atoms with Crippen molar-refractivity contribution in [3.8, 4) is 5.75 Å². The molecule has 2 N–H and O–H groups in total. The predicted molar refractivity (Wildman–Crippen MR) is 84.3 cm³/mol. The second-order valence-corrected chi connectivity index (χ2v) is 6.63. The Labute approximate surface area is 120 Å². The topological polar surface area (TPSA) is 38.5 Å². The van der Waals surface area contributed by atoms with E-state index in [1.165, 1.54) is 24.3 Å². The molecule has 4 heteroatoms. The van der Waals surface area contributed by atoms with Crippen LogP contribution in [0.3, 0.4) is 0 Å². The first kappa shape index (κ1) is 14.5. The van der Waals surface area contributed by atoms with E-state index < -0.39 is 0 Å². The highest BCUT2D eigenvalue weighted by Crippen LogP contribution is 2.39. The van der Waals surface area contributed by atoms with Gasteiger partial charge in [0.05, 0.1) is 12.6 Å². The van der Waals surface area contributed by atoms with E-state index in [0.29, 0.717) is 11.8 Å². The van der Waals surface area contributed by atoms with Gasteiger partial charge in [0.2, 0.25) is 0 Å². The van der Waals surface area contributed by atoms with Crippen molar-refractivity contribution < 1.29 is 4.74 Å². The summed E-state index contributed by atoms with van der Waals surface area (Å²) in [4.78, 5) is 2.36. The van der Waals surface area contributed by atoms with E-state index in [4.69, 9.17) is 10.5 Å². The molecule has 0 amide bonds. The summed E-state index contributed by atoms with van der Waals surface area (Å²) in [5, 5.41) is 0.554. The largest absolute Gasteiger partial charge is 0.497 e. The lowest BCUT2D eigenvalue weighted by Crippen LogP contribution is -2.59. The molecule has 0 aromatic heterocycles. The summed E-state index contributed by atoms with van der Waals surface area (Å²) < 4.78 is 5.22. The molecule has 1 fully saturated rings. The van der Waals surface area contributed by atoms with E-state index >= 15 is 0 Å². The van der Waals surface area contributed by atoms with E-state index in [2.05, 4.69) is 31.0 Å². The quantitative estimate of drug-likeness (QED) is 0.920. The second kappa shape index (κ2) is 6.06. The van der Waals surface area contributed by atoms with Gasteiger partial charge in [-0.1, -0.05) is 6.92 Å². The van der Waals surface area contributed by atoms with Gasteiger partial charge in [-0.15, -0.1) is 0 Å². The van der Waals surface area contributed by atoms with Crippen LogP contribution in [0.2, 0.25) is 0 Å². The fourth-order valence-electron chi connectivity index (χ4n) is 2.91. The van der Waals surface area contributed by atoms with Crippen LogP contribution in [0, 0.1) is 0 Å². The van der Waals surface area contributed by atoms with Gasteiger partial charge in [-0.2, -0.15) is 11.8 Å². The zero-order chi connectivity index (χ0) is 13.9. The number of ether oxygens (including phenoxy) is 1. The van der Waals surface area contributed by atoms with Crippen molar-refractivity contribution >= 4 is 17.4 Å². The lowest BCUT2D eigenvalue weighted by atomic mass is 9.87. The minimum atomic E-state index is 0.0670. The molecular formula is C15H24N2OS. The Morgan fingerprint density at radius 3 is 2.63 bits per heavy atom. The molecule has 1 aliphatic rings. The highest BCUT2D eigenvalue weighted by Gasteiger charge is 2.41. The van der Waals surface area contributed by atoms with Crippen molar-refractivity contribution in [3.63, 3.8) is 0 Å². The molecule has 2 atom stereocenters. The molecular weight excluding hydrogens is 256 g/mol. The first-order chi connectivity index (χ1) is 9.14. The van der Waals surface area contributed by atoms with Crippen molar-refractivity contribution in [1.29, 1.82) is 0 Å². The second-order valence-electron chi connectivity index (χ2n) is 5.18. The van der Waals surface area contributed by atoms with Gasteiger partial charge in [0.1, 0.15) is 5.75 Å². The zero-order valence-electron chi connectivity index (χ0n) is 12.1. The van der Waals surface area contributed by atoms with E-state index in [-0.39, 0.29) is 5.54 Å². The Balaban J connectivity index is 2.26. The third kappa shape index (κ3) is 2.70. The molecule has 1 aromatic carbocycles. The molecule has 19 heavy (non-hydrogen) atoms. The molecule has 1 aromatic rings. The van der Waals surface area contributed by atoms with E-state index in [0.717, 1.165) is 5.75 Å². The van der Waals surface area contributed by atoms with Gasteiger partial charge in [0.15, 0.2) is 0 Å². The SMILES string of the molecule is COc1ccc(N(C)C2(CN)CCCSC2C)cc1. The third-order valence-electron chi connectivity index (χ3n) is 4.36. The molecule has 106 valence electrons. The average molecular weight is 280 g/mol. The molecule has 2 unspecified atom stereocenters. The molecule has 0 aliphatic carbocycles. The number of anilines is 1. The van der Waals surface area contributed by atoms with E-state index in [1.54, 1.807) is 7.11 Å². The number of nitrogens with zero attached hydrogens (tertiary/aromatic N) is 1. The highest BCUT2D eigenvalue weighted by molar-refractivity contribution is 8.00.